The van der Waals surface area contributed by atoms with E-state index in [1.165, 1.54) is 18.6 Å². The fraction of sp³-hybridized carbons (Fsp3) is 0.667. The van der Waals surface area contributed by atoms with E-state index >= 15 is 0 Å². The van der Waals surface area contributed by atoms with Crippen molar-refractivity contribution in [1.29, 1.82) is 0 Å². The molecule has 1 aromatic rings. The predicted molar refractivity (Wildman–Crippen MR) is 107 cm³/mol. The number of hydrogen-bond donors (Lipinski definition) is 3. The molecule has 0 radical (unpaired) electrons. The average molecular weight is 415 g/mol. The molecule has 1 saturated heterocycles. The van der Waals surface area contributed by atoms with E-state index < -0.39 is 17.9 Å². The van der Waals surface area contributed by atoms with Crippen LogP contribution in [0, 0.1) is 17.3 Å². The summed E-state index contributed by atoms with van der Waals surface area (Å²) in [6.07, 6.45) is 12.1. The topological polar surface area (TPSA) is 125 Å². The molecule has 0 bridgehead atoms. The summed E-state index contributed by atoms with van der Waals surface area (Å²) in [5.41, 5.74) is 1.68. The van der Waals surface area contributed by atoms with E-state index in [0.29, 0.717) is 31.1 Å². The Labute approximate surface area is 175 Å². The molecule has 9 nitrogen and oxygen atoms in total. The lowest BCUT2D eigenvalue weighted by atomic mass is 9.89. The van der Waals surface area contributed by atoms with Crippen LogP contribution in [-0.2, 0) is 14.4 Å². The van der Waals surface area contributed by atoms with E-state index in [-0.39, 0.29) is 23.7 Å². The van der Waals surface area contributed by atoms with Gasteiger partial charge in [0.25, 0.3) is 0 Å². The Hall–Kier alpha value is -2.55. The van der Waals surface area contributed by atoms with Gasteiger partial charge in [-0.05, 0) is 37.0 Å². The molecule has 2 atom stereocenters. The van der Waals surface area contributed by atoms with E-state index in [1.807, 2.05) is 0 Å². The van der Waals surface area contributed by atoms with Crippen molar-refractivity contribution in [2.45, 2.75) is 63.8 Å². The van der Waals surface area contributed by atoms with Crippen LogP contribution < -0.4 is 10.8 Å². The van der Waals surface area contributed by atoms with Crippen molar-refractivity contribution >= 4 is 23.5 Å². The Balaban J connectivity index is 1.50. The van der Waals surface area contributed by atoms with E-state index in [4.69, 9.17) is 5.21 Å². The predicted octanol–water partition coefficient (Wildman–Crippen LogP) is 1.89. The highest BCUT2D eigenvalue weighted by atomic mass is 16.5. The van der Waals surface area contributed by atoms with Gasteiger partial charge in [0.2, 0.25) is 17.7 Å². The summed E-state index contributed by atoms with van der Waals surface area (Å²) >= 11 is 0. The second-order valence-corrected chi connectivity index (χ2v) is 9.09. The van der Waals surface area contributed by atoms with E-state index in [2.05, 4.69) is 15.3 Å². The fourth-order valence-electron chi connectivity index (χ4n) is 5.06. The lowest BCUT2D eigenvalue weighted by Gasteiger charge is -2.29. The monoisotopic (exact) mass is 415 g/mol. The quantitative estimate of drug-likeness (QED) is 0.461. The van der Waals surface area contributed by atoms with Gasteiger partial charge in [0.15, 0.2) is 5.82 Å². The summed E-state index contributed by atoms with van der Waals surface area (Å²) < 4.78 is 0. The van der Waals surface area contributed by atoms with Crippen molar-refractivity contribution in [2.24, 2.45) is 17.3 Å². The molecular formula is C21H29N5O4. The summed E-state index contributed by atoms with van der Waals surface area (Å²) in [5, 5.41) is 11.8. The van der Waals surface area contributed by atoms with Crippen molar-refractivity contribution in [2.75, 3.05) is 11.9 Å². The second kappa shape index (κ2) is 8.67. The van der Waals surface area contributed by atoms with Crippen LogP contribution >= 0.6 is 0 Å². The SMILES string of the molecule is O=C(C[C@@H](CC1CCCC1)C(=O)N1CC2(CC2)CC1C(=O)Nc1cnccn1)NO. The Bertz CT molecular complexity index is 792. The largest absolute Gasteiger partial charge is 0.330 e. The van der Waals surface area contributed by atoms with Gasteiger partial charge in [0.05, 0.1) is 6.20 Å². The van der Waals surface area contributed by atoms with Crippen LogP contribution in [0.5, 0.6) is 0 Å². The summed E-state index contributed by atoms with van der Waals surface area (Å²) in [7, 11) is 0. The first-order chi connectivity index (χ1) is 14.5. The highest BCUT2D eigenvalue weighted by Gasteiger charge is 2.55. The molecule has 2 aliphatic carbocycles. The molecule has 1 spiro atoms. The van der Waals surface area contributed by atoms with Crippen LogP contribution in [0.3, 0.4) is 0 Å². The van der Waals surface area contributed by atoms with Crippen molar-refractivity contribution < 1.29 is 19.6 Å². The minimum absolute atomic E-state index is 0.0250. The average Bonchev–Trinajstić information content (AvgIpc) is 3.13. The normalized spacial score (nSPS) is 23.4. The lowest BCUT2D eigenvalue weighted by molar-refractivity contribution is -0.144. The number of amides is 3. The smallest absolute Gasteiger partial charge is 0.248 e. The van der Waals surface area contributed by atoms with Gasteiger partial charge in [-0.2, -0.15) is 0 Å². The molecule has 2 heterocycles. The number of hydroxylamine groups is 1. The van der Waals surface area contributed by atoms with Gasteiger partial charge in [-0.25, -0.2) is 10.5 Å². The van der Waals surface area contributed by atoms with Crippen LogP contribution in [-0.4, -0.2) is 50.4 Å². The third kappa shape index (κ3) is 4.61. The molecule has 3 aliphatic rings. The molecule has 3 fully saturated rings. The zero-order chi connectivity index (χ0) is 21.1. The maximum absolute atomic E-state index is 13.5. The number of anilines is 1. The highest BCUT2D eigenvalue weighted by molar-refractivity contribution is 5.97. The first-order valence-corrected chi connectivity index (χ1v) is 10.8. The molecule has 3 amide bonds. The number of nitrogens with one attached hydrogen (secondary N) is 2. The Kier molecular flexibility index (Phi) is 5.99. The van der Waals surface area contributed by atoms with Crippen molar-refractivity contribution in [3.8, 4) is 0 Å². The number of carbonyl (C=O) groups excluding carboxylic acids is 3. The number of rotatable bonds is 7. The van der Waals surface area contributed by atoms with Crippen molar-refractivity contribution in [1.82, 2.24) is 20.3 Å². The number of aromatic nitrogens is 2. The third-order valence-electron chi connectivity index (χ3n) is 6.86. The minimum Gasteiger partial charge on any atom is -0.330 e. The summed E-state index contributed by atoms with van der Waals surface area (Å²) in [6, 6.07) is -0.578. The molecule has 1 unspecified atom stereocenters. The van der Waals surface area contributed by atoms with Crippen LogP contribution in [0.2, 0.25) is 0 Å². The van der Waals surface area contributed by atoms with Gasteiger partial charge in [0, 0.05) is 31.3 Å². The number of nitrogens with zero attached hydrogens (tertiary/aromatic N) is 3. The minimum atomic E-state index is -0.578. The summed E-state index contributed by atoms with van der Waals surface area (Å²) in [6.45, 7) is 0.548. The van der Waals surface area contributed by atoms with Gasteiger partial charge in [0.1, 0.15) is 6.04 Å². The molecular weight excluding hydrogens is 386 g/mol. The van der Waals surface area contributed by atoms with Crippen LogP contribution in [0.25, 0.3) is 0 Å². The van der Waals surface area contributed by atoms with Crippen LogP contribution in [0.1, 0.15) is 57.8 Å². The Morgan fingerprint density at radius 2 is 2.00 bits per heavy atom. The molecule has 30 heavy (non-hydrogen) atoms. The maximum atomic E-state index is 13.5. The van der Waals surface area contributed by atoms with E-state index in [9.17, 15) is 14.4 Å². The first-order valence-electron chi connectivity index (χ1n) is 10.8. The Morgan fingerprint density at radius 3 is 2.63 bits per heavy atom. The van der Waals surface area contributed by atoms with Crippen molar-refractivity contribution in [3.63, 3.8) is 0 Å². The van der Waals surface area contributed by atoms with Gasteiger partial charge < -0.3 is 10.2 Å². The number of hydrogen-bond acceptors (Lipinski definition) is 6. The standard InChI is InChI=1S/C21H29N5O4/c27-18(25-30)10-15(9-14-3-1-2-4-14)20(29)26-13-21(5-6-21)11-16(26)19(28)24-17-12-22-7-8-23-17/h7-8,12,14-16,30H,1-6,9-11,13H2,(H,25,27)(H,23,24,28)/t15-,16?/m1/s1. The number of likely N-dealkylation sites (tertiary alicyclic amines) is 1. The van der Waals surface area contributed by atoms with Crippen LogP contribution in [0.4, 0.5) is 5.82 Å². The molecule has 1 aromatic heterocycles. The molecule has 9 heteroatoms. The van der Waals surface area contributed by atoms with Crippen molar-refractivity contribution in [3.05, 3.63) is 18.6 Å². The summed E-state index contributed by atoms with van der Waals surface area (Å²) in [5.74, 6) is -0.746. The fourth-order valence-corrected chi connectivity index (χ4v) is 5.06. The van der Waals surface area contributed by atoms with Gasteiger partial charge in [-0.1, -0.05) is 25.7 Å². The molecule has 1 aliphatic heterocycles. The molecule has 162 valence electrons. The van der Waals surface area contributed by atoms with Gasteiger partial charge >= 0.3 is 0 Å². The van der Waals surface area contributed by atoms with Gasteiger partial charge in [-0.15, -0.1) is 0 Å². The second-order valence-electron chi connectivity index (χ2n) is 9.09. The molecule has 4 rings (SSSR count). The third-order valence-corrected chi connectivity index (χ3v) is 6.86. The summed E-state index contributed by atoms with van der Waals surface area (Å²) in [4.78, 5) is 48.1. The van der Waals surface area contributed by atoms with E-state index in [0.717, 1.165) is 38.5 Å². The zero-order valence-corrected chi connectivity index (χ0v) is 17.0. The van der Waals surface area contributed by atoms with E-state index in [1.54, 1.807) is 10.4 Å². The Morgan fingerprint density at radius 1 is 1.23 bits per heavy atom. The lowest BCUT2D eigenvalue weighted by Crippen LogP contribution is -2.46. The zero-order valence-electron chi connectivity index (χ0n) is 17.0. The van der Waals surface area contributed by atoms with Gasteiger partial charge in [-0.3, -0.25) is 24.6 Å². The highest BCUT2D eigenvalue weighted by Crippen LogP contribution is 2.55. The molecule has 2 saturated carbocycles. The maximum Gasteiger partial charge on any atom is 0.248 e. The van der Waals surface area contributed by atoms with Crippen LogP contribution in [0.15, 0.2) is 18.6 Å². The number of carbonyl (C=O) groups is 3. The molecule has 0 aromatic carbocycles. The molecule has 3 N–H and O–H groups in total. The first kappa shape index (κ1) is 20.7.